The van der Waals surface area contributed by atoms with Crippen molar-refractivity contribution in [2.45, 2.75) is 6.42 Å². The van der Waals surface area contributed by atoms with Gasteiger partial charge in [-0.15, -0.1) is 6.58 Å². The van der Waals surface area contributed by atoms with Crippen LogP contribution >= 0.6 is 0 Å². The normalized spacial score (nSPS) is 10.0. The van der Waals surface area contributed by atoms with Crippen LogP contribution in [-0.4, -0.2) is 12.5 Å². The number of hydrogen-bond acceptors (Lipinski definition) is 2. The SMILES string of the molecule is C=CCON(C(=O)Cc1ccccc1)c1ccccc1. The molecule has 2 aromatic rings. The fourth-order valence-electron chi connectivity index (χ4n) is 1.82. The number of nitrogens with zero attached hydrogens (tertiary/aromatic N) is 1. The summed E-state index contributed by atoms with van der Waals surface area (Å²) in [7, 11) is 0. The van der Waals surface area contributed by atoms with Crippen molar-refractivity contribution in [3.8, 4) is 0 Å². The van der Waals surface area contributed by atoms with E-state index in [0.29, 0.717) is 6.42 Å². The molecule has 0 aliphatic carbocycles. The lowest BCUT2D eigenvalue weighted by Gasteiger charge is -2.21. The van der Waals surface area contributed by atoms with Gasteiger partial charge in [-0.05, 0) is 17.7 Å². The molecule has 0 unspecified atom stereocenters. The average Bonchev–Trinajstić information content (AvgIpc) is 2.50. The Labute approximate surface area is 119 Å². The lowest BCUT2D eigenvalue weighted by atomic mass is 10.1. The summed E-state index contributed by atoms with van der Waals surface area (Å²) < 4.78 is 0. The van der Waals surface area contributed by atoms with Crippen molar-refractivity contribution in [2.75, 3.05) is 11.7 Å². The summed E-state index contributed by atoms with van der Waals surface area (Å²) in [5, 5.41) is 1.33. The van der Waals surface area contributed by atoms with E-state index in [1.807, 2.05) is 60.7 Å². The van der Waals surface area contributed by atoms with Gasteiger partial charge in [-0.2, -0.15) is 5.06 Å². The minimum Gasteiger partial charge on any atom is -0.272 e. The Hall–Kier alpha value is -2.39. The number of rotatable bonds is 6. The van der Waals surface area contributed by atoms with E-state index in [-0.39, 0.29) is 12.5 Å². The molecule has 0 spiro atoms. The molecule has 1 amide bonds. The summed E-state index contributed by atoms with van der Waals surface area (Å²) >= 11 is 0. The highest BCUT2D eigenvalue weighted by molar-refractivity contribution is 5.92. The summed E-state index contributed by atoms with van der Waals surface area (Å²) in [6, 6.07) is 18.9. The molecule has 0 fully saturated rings. The maximum Gasteiger partial charge on any atom is 0.255 e. The second-order valence-corrected chi connectivity index (χ2v) is 4.27. The van der Waals surface area contributed by atoms with Crippen LogP contribution in [0.15, 0.2) is 73.3 Å². The Morgan fingerprint density at radius 2 is 1.65 bits per heavy atom. The first-order valence-electron chi connectivity index (χ1n) is 6.47. The maximum absolute atomic E-state index is 12.4. The highest BCUT2D eigenvalue weighted by Crippen LogP contribution is 2.15. The van der Waals surface area contributed by atoms with Crippen LogP contribution in [-0.2, 0) is 16.1 Å². The van der Waals surface area contributed by atoms with Crippen LogP contribution in [0.25, 0.3) is 0 Å². The van der Waals surface area contributed by atoms with Gasteiger partial charge in [0.2, 0.25) is 0 Å². The third kappa shape index (κ3) is 3.80. The molecule has 2 rings (SSSR count). The van der Waals surface area contributed by atoms with E-state index in [4.69, 9.17) is 4.84 Å². The second kappa shape index (κ2) is 7.26. The topological polar surface area (TPSA) is 29.5 Å². The zero-order chi connectivity index (χ0) is 14.2. The average molecular weight is 267 g/mol. The quantitative estimate of drug-likeness (QED) is 0.593. The number of benzene rings is 2. The third-order valence-electron chi connectivity index (χ3n) is 2.74. The predicted molar refractivity (Wildman–Crippen MR) is 80.2 cm³/mol. The van der Waals surface area contributed by atoms with Gasteiger partial charge in [-0.3, -0.25) is 9.63 Å². The zero-order valence-corrected chi connectivity index (χ0v) is 11.2. The van der Waals surface area contributed by atoms with Crippen molar-refractivity contribution in [3.63, 3.8) is 0 Å². The van der Waals surface area contributed by atoms with Gasteiger partial charge in [0.15, 0.2) is 0 Å². The smallest absolute Gasteiger partial charge is 0.255 e. The van der Waals surface area contributed by atoms with E-state index >= 15 is 0 Å². The minimum atomic E-state index is -0.107. The molecule has 20 heavy (non-hydrogen) atoms. The number of hydrogen-bond donors (Lipinski definition) is 0. The highest BCUT2D eigenvalue weighted by Gasteiger charge is 2.16. The number of para-hydroxylation sites is 1. The van der Waals surface area contributed by atoms with E-state index in [0.717, 1.165) is 11.3 Å². The van der Waals surface area contributed by atoms with Crippen molar-refractivity contribution in [1.82, 2.24) is 0 Å². The number of anilines is 1. The fraction of sp³-hybridized carbons (Fsp3) is 0.118. The number of hydroxylamine groups is 1. The van der Waals surface area contributed by atoms with Gasteiger partial charge in [0.25, 0.3) is 5.91 Å². The first-order chi connectivity index (χ1) is 9.81. The summed E-state index contributed by atoms with van der Waals surface area (Å²) in [5.41, 5.74) is 1.68. The number of carbonyl (C=O) groups is 1. The van der Waals surface area contributed by atoms with E-state index in [9.17, 15) is 4.79 Å². The Bertz CT molecular complexity index is 552. The van der Waals surface area contributed by atoms with Gasteiger partial charge in [0.1, 0.15) is 0 Å². The molecule has 0 aliphatic rings. The first kappa shape index (κ1) is 14.0. The van der Waals surface area contributed by atoms with Crippen LogP contribution in [0, 0.1) is 0 Å². The van der Waals surface area contributed by atoms with Crippen molar-refractivity contribution in [2.24, 2.45) is 0 Å². The van der Waals surface area contributed by atoms with Crippen LogP contribution in [0.2, 0.25) is 0 Å². The van der Waals surface area contributed by atoms with Crippen LogP contribution in [0.1, 0.15) is 5.56 Å². The fourth-order valence-corrected chi connectivity index (χ4v) is 1.82. The second-order valence-electron chi connectivity index (χ2n) is 4.27. The van der Waals surface area contributed by atoms with Gasteiger partial charge < -0.3 is 0 Å². The Morgan fingerprint density at radius 1 is 1.05 bits per heavy atom. The van der Waals surface area contributed by atoms with Crippen molar-refractivity contribution in [1.29, 1.82) is 0 Å². The van der Waals surface area contributed by atoms with Crippen LogP contribution in [0.3, 0.4) is 0 Å². The standard InChI is InChI=1S/C17H17NO2/c1-2-13-20-18(16-11-7-4-8-12-16)17(19)14-15-9-5-3-6-10-15/h2-12H,1,13-14H2. The highest BCUT2D eigenvalue weighted by atomic mass is 16.7. The molecule has 0 heterocycles. The lowest BCUT2D eigenvalue weighted by molar-refractivity contribution is -0.124. The van der Waals surface area contributed by atoms with Gasteiger partial charge in [0.05, 0.1) is 18.7 Å². The molecule has 3 heteroatoms. The van der Waals surface area contributed by atoms with Crippen LogP contribution < -0.4 is 5.06 Å². The summed E-state index contributed by atoms with van der Waals surface area (Å²) in [6.07, 6.45) is 1.92. The molecule has 0 saturated carbocycles. The van der Waals surface area contributed by atoms with Crippen molar-refractivity contribution >= 4 is 11.6 Å². The minimum absolute atomic E-state index is 0.107. The molecule has 3 nitrogen and oxygen atoms in total. The molecule has 0 saturated heterocycles. The van der Waals surface area contributed by atoms with Gasteiger partial charge >= 0.3 is 0 Å². The Balaban J connectivity index is 2.14. The van der Waals surface area contributed by atoms with E-state index in [1.54, 1.807) is 6.08 Å². The molecular formula is C17H17NO2. The largest absolute Gasteiger partial charge is 0.272 e. The molecule has 0 radical (unpaired) electrons. The van der Waals surface area contributed by atoms with E-state index < -0.39 is 0 Å². The van der Waals surface area contributed by atoms with Gasteiger partial charge in [0, 0.05) is 0 Å². The first-order valence-corrected chi connectivity index (χ1v) is 6.47. The van der Waals surface area contributed by atoms with E-state index in [1.165, 1.54) is 5.06 Å². The monoisotopic (exact) mass is 267 g/mol. The lowest BCUT2D eigenvalue weighted by Crippen LogP contribution is -2.32. The third-order valence-corrected chi connectivity index (χ3v) is 2.74. The van der Waals surface area contributed by atoms with Gasteiger partial charge in [-0.1, -0.05) is 54.6 Å². The maximum atomic E-state index is 12.4. The van der Waals surface area contributed by atoms with Crippen LogP contribution in [0.5, 0.6) is 0 Å². The summed E-state index contributed by atoms with van der Waals surface area (Å²) in [4.78, 5) is 17.9. The molecular weight excluding hydrogens is 250 g/mol. The zero-order valence-electron chi connectivity index (χ0n) is 11.2. The predicted octanol–water partition coefficient (Wildman–Crippen LogP) is 3.38. The summed E-state index contributed by atoms with van der Waals surface area (Å²) in [5.74, 6) is -0.107. The molecule has 0 N–H and O–H groups in total. The van der Waals surface area contributed by atoms with Crippen molar-refractivity contribution in [3.05, 3.63) is 78.9 Å². The molecule has 0 aromatic heterocycles. The molecule has 0 bridgehead atoms. The van der Waals surface area contributed by atoms with Gasteiger partial charge in [-0.25, -0.2) is 0 Å². The van der Waals surface area contributed by atoms with Crippen LogP contribution in [0.4, 0.5) is 5.69 Å². The molecule has 0 aliphatic heterocycles. The molecule has 2 aromatic carbocycles. The number of carbonyl (C=O) groups excluding carboxylic acids is 1. The summed E-state index contributed by atoms with van der Waals surface area (Å²) in [6.45, 7) is 3.89. The number of amides is 1. The molecule has 102 valence electrons. The Morgan fingerprint density at radius 3 is 2.25 bits per heavy atom. The molecule has 0 atom stereocenters. The van der Waals surface area contributed by atoms with Crippen molar-refractivity contribution < 1.29 is 9.63 Å². The Kier molecular flexibility index (Phi) is 5.09. The van der Waals surface area contributed by atoms with E-state index in [2.05, 4.69) is 6.58 Å².